The number of nitrogens with one attached hydrogen (secondary N) is 2. The van der Waals surface area contributed by atoms with Gasteiger partial charge in [0.2, 0.25) is 0 Å². The monoisotopic (exact) mass is 358 g/mol. The van der Waals surface area contributed by atoms with E-state index in [1.54, 1.807) is 13.1 Å². The van der Waals surface area contributed by atoms with Crippen molar-refractivity contribution in [2.75, 3.05) is 40.8 Å². The van der Waals surface area contributed by atoms with Gasteiger partial charge in [-0.2, -0.15) is 13.2 Å². The Morgan fingerprint density at radius 2 is 1.88 bits per heavy atom. The zero-order chi connectivity index (χ0) is 18.9. The number of aliphatic imine (C=N–C) groups is 1. The molecule has 4 nitrogen and oxygen atoms in total. The summed E-state index contributed by atoms with van der Waals surface area (Å²) >= 11 is 0. The molecular weight excluding hydrogens is 329 g/mol. The third kappa shape index (κ3) is 8.25. The van der Waals surface area contributed by atoms with Gasteiger partial charge in [-0.15, -0.1) is 0 Å². The van der Waals surface area contributed by atoms with Gasteiger partial charge in [-0.1, -0.05) is 25.1 Å². The van der Waals surface area contributed by atoms with Crippen LogP contribution in [-0.2, 0) is 6.18 Å². The van der Waals surface area contributed by atoms with Crippen LogP contribution in [0.3, 0.4) is 0 Å². The highest BCUT2D eigenvalue weighted by molar-refractivity contribution is 5.79. The molecule has 0 saturated heterocycles. The molecule has 25 heavy (non-hydrogen) atoms. The number of halogens is 3. The lowest BCUT2D eigenvalue weighted by Crippen LogP contribution is -2.39. The summed E-state index contributed by atoms with van der Waals surface area (Å²) in [6, 6.07) is 5.55. The highest BCUT2D eigenvalue weighted by atomic mass is 19.4. The van der Waals surface area contributed by atoms with Crippen LogP contribution in [0.25, 0.3) is 0 Å². The summed E-state index contributed by atoms with van der Waals surface area (Å²) in [6.07, 6.45) is -2.57. The first-order valence-corrected chi connectivity index (χ1v) is 8.50. The Balaban J connectivity index is 2.42. The highest BCUT2D eigenvalue weighted by Gasteiger charge is 2.30. The van der Waals surface area contributed by atoms with E-state index in [2.05, 4.69) is 20.5 Å². The van der Waals surface area contributed by atoms with Crippen molar-refractivity contribution >= 4 is 5.96 Å². The first-order chi connectivity index (χ1) is 11.7. The summed E-state index contributed by atoms with van der Waals surface area (Å²) in [5.74, 6) is 0.747. The lowest BCUT2D eigenvalue weighted by atomic mass is 9.96. The Hall–Kier alpha value is -1.76. The molecule has 2 N–H and O–H groups in total. The number of rotatable bonds is 8. The molecule has 0 aliphatic carbocycles. The van der Waals surface area contributed by atoms with Gasteiger partial charge in [0.15, 0.2) is 5.96 Å². The Kier molecular flexibility index (Phi) is 8.75. The molecule has 1 aromatic carbocycles. The smallest absolute Gasteiger partial charge is 0.356 e. The van der Waals surface area contributed by atoms with Crippen LogP contribution in [0.15, 0.2) is 29.3 Å². The van der Waals surface area contributed by atoms with Crippen molar-refractivity contribution in [2.45, 2.75) is 31.9 Å². The van der Waals surface area contributed by atoms with Crippen LogP contribution in [-0.4, -0.2) is 51.6 Å². The minimum absolute atomic E-state index is 0.0293. The first-order valence-electron chi connectivity index (χ1n) is 8.50. The van der Waals surface area contributed by atoms with E-state index in [-0.39, 0.29) is 5.92 Å². The quantitative estimate of drug-likeness (QED) is 0.425. The van der Waals surface area contributed by atoms with Gasteiger partial charge in [0.25, 0.3) is 0 Å². The summed E-state index contributed by atoms with van der Waals surface area (Å²) in [5, 5.41) is 6.44. The zero-order valence-corrected chi connectivity index (χ0v) is 15.5. The second kappa shape index (κ2) is 10.3. The molecule has 0 saturated carbocycles. The van der Waals surface area contributed by atoms with Crippen molar-refractivity contribution in [3.8, 4) is 0 Å². The molecule has 0 amide bonds. The highest BCUT2D eigenvalue weighted by Crippen LogP contribution is 2.31. The van der Waals surface area contributed by atoms with Gasteiger partial charge in [0.05, 0.1) is 5.56 Å². The lowest BCUT2D eigenvalue weighted by molar-refractivity contribution is -0.137. The van der Waals surface area contributed by atoms with Crippen molar-refractivity contribution in [1.82, 2.24) is 15.5 Å². The molecular formula is C18H29F3N4. The van der Waals surface area contributed by atoms with E-state index >= 15 is 0 Å². The Labute approximate surface area is 148 Å². The minimum Gasteiger partial charge on any atom is -0.356 e. The van der Waals surface area contributed by atoms with Crippen LogP contribution < -0.4 is 10.6 Å². The zero-order valence-electron chi connectivity index (χ0n) is 15.5. The van der Waals surface area contributed by atoms with E-state index in [4.69, 9.17) is 0 Å². The molecule has 142 valence electrons. The largest absolute Gasteiger partial charge is 0.416 e. The van der Waals surface area contributed by atoms with Crippen molar-refractivity contribution in [1.29, 1.82) is 0 Å². The Morgan fingerprint density at radius 1 is 1.20 bits per heavy atom. The van der Waals surface area contributed by atoms with Crippen LogP contribution in [0.4, 0.5) is 13.2 Å². The van der Waals surface area contributed by atoms with Crippen LogP contribution in [0.2, 0.25) is 0 Å². The standard InChI is InChI=1S/C18H29F3N4/c1-14(15-7-5-8-16(13-15)18(19,20)21)9-11-24-17(22-2)23-10-6-12-25(3)4/h5,7-8,13-14H,6,9-12H2,1-4H3,(H2,22,23,24). The number of nitrogens with zero attached hydrogens (tertiary/aromatic N) is 2. The maximum Gasteiger partial charge on any atom is 0.416 e. The third-order valence-corrected chi connectivity index (χ3v) is 3.95. The van der Waals surface area contributed by atoms with Crippen molar-refractivity contribution in [3.63, 3.8) is 0 Å². The lowest BCUT2D eigenvalue weighted by Gasteiger charge is -2.17. The predicted octanol–water partition coefficient (Wildman–Crippen LogP) is 3.32. The number of hydrogen-bond acceptors (Lipinski definition) is 2. The molecule has 1 atom stereocenters. The molecule has 0 aliphatic rings. The molecule has 1 unspecified atom stereocenters. The molecule has 0 bridgehead atoms. The average Bonchev–Trinajstić information content (AvgIpc) is 2.56. The third-order valence-electron chi connectivity index (χ3n) is 3.95. The summed E-state index contributed by atoms with van der Waals surface area (Å²) in [5.41, 5.74) is 0.105. The van der Waals surface area contributed by atoms with Gasteiger partial charge in [-0.25, -0.2) is 0 Å². The Morgan fingerprint density at radius 3 is 2.48 bits per heavy atom. The molecule has 1 rings (SSSR count). The van der Waals surface area contributed by atoms with E-state index in [1.807, 2.05) is 21.0 Å². The number of hydrogen-bond donors (Lipinski definition) is 2. The first kappa shape index (κ1) is 21.3. The number of benzene rings is 1. The van der Waals surface area contributed by atoms with Crippen molar-refractivity contribution < 1.29 is 13.2 Å². The summed E-state index contributed by atoms with van der Waals surface area (Å²) in [4.78, 5) is 6.27. The molecule has 0 aromatic heterocycles. The number of guanidine groups is 1. The second-order valence-corrected chi connectivity index (χ2v) is 6.40. The van der Waals surface area contributed by atoms with Gasteiger partial charge >= 0.3 is 6.18 Å². The van der Waals surface area contributed by atoms with Crippen LogP contribution >= 0.6 is 0 Å². The van der Waals surface area contributed by atoms with Gasteiger partial charge in [0.1, 0.15) is 0 Å². The fourth-order valence-corrected chi connectivity index (χ4v) is 2.42. The minimum atomic E-state index is -4.30. The van der Waals surface area contributed by atoms with Gasteiger partial charge in [-0.05, 0) is 51.0 Å². The fourth-order valence-electron chi connectivity index (χ4n) is 2.42. The molecule has 0 heterocycles. The van der Waals surface area contributed by atoms with Crippen LogP contribution in [0.5, 0.6) is 0 Å². The van der Waals surface area contributed by atoms with E-state index in [0.29, 0.717) is 12.1 Å². The molecule has 0 spiro atoms. The summed E-state index contributed by atoms with van der Waals surface area (Å²) < 4.78 is 38.4. The second-order valence-electron chi connectivity index (χ2n) is 6.40. The van der Waals surface area contributed by atoms with Gasteiger partial charge < -0.3 is 15.5 Å². The molecule has 0 aliphatic heterocycles. The summed E-state index contributed by atoms with van der Waals surface area (Å²) in [7, 11) is 5.77. The van der Waals surface area contributed by atoms with Crippen LogP contribution in [0.1, 0.15) is 36.8 Å². The SMILES string of the molecule is CN=C(NCCCN(C)C)NCCC(C)c1cccc(C(F)(F)F)c1. The van der Waals surface area contributed by atoms with E-state index < -0.39 is 11.7 Å². The topological polar surface area (TPSA) is 39.7 Å². The molecule has 1 aromatic rings. The molecule has 0 fully saturated rings. The fraction of sp³-hybridized carbons (Fsp3) is 0.611. The van der Waals surface area contributed by atoms with Crippen LogP contribution in [0, 0.1) is 0 Å². The van der Waals surface area contributed by atoms with Gasteiger partial charge in [0, 0.05) is 20.1 Å². The normalized spacial score (nSPS) is 13.8. The maximum atomic E-state index is 12.8. The van der Waals surface area contributed by atoms with E-state index in [9.17, 15) is 13.2 Å². The number of alkyl halides is 3. The Bertz CT molecular complexity index is 541. The van der Waals surface area contributed by atoms with E-state index in [1.165, 1.54) is 12.1 Å². The molecule has 7 heteroatoms. The predicted molar refractivity (Wildman–Crippen MR) is 97.0 cm³/mol. The van der Waals surface area contributed by atoms with E-state index in [0.717, 1.165) is 38.0 Å². The average molecular weight is 358 g/mol. The molecule has 0 radical (unpaired) electrons. The summed E-state index contributed by atoms with van der Waals surface area (Å²) in [6.45, 7) is 4.40. The van der Waals surface area contributed by atoms with Gasteiger partial charge in [-0.3, -0.25) is 4.99 Å². The van der Waals surface area contributed by atoms with Crippen molar-refractivity contribution in [2.24, 2.45) is 4.99 Å². The van der Waals surface area contributed by atoms with Crippen molar-refractivity contribution in [3.05, 3.63) is 35.4 Å². The maximum absolute atomic E-state index is 12.8.